The molecule has 0 bridgehead atoms. The van der Waals surface area contributed by atoms with E-state index in [9.17, 15) is 14.9 Å². The van der Waals surface area contributed by atoms with Crippen LogP contribution in [0.5, 0.6) is 0 Å². The lowest BCUT2D eigenvalue weighted by molar-refractivity contribution is -0.384. The van der Waals surface area contributed by atoms with Crippen molar-refractivity contribution in [3.63, 3.8) is 0 Å². The largest absolute Gasteiger partial charge is 0.274 e. The molecular weight excluding hydrogens is 497 g/mol. The molecule has 0 saturated heterocycles. The Bertz CT molecular complexity index is 1380. The second-order valence-electron chi connectivity index (χ2n) is 9.31. The summed E-state index contributed by atoms with van der Waals surface area (Å²) in [5.41, 5.74) is 3.97. The van der Waals surface area contributed by atoms with E-state index < -0.39 is 4.92 Å². The first-order chi connectivity index (χ1) is 17.3. The summed E-state index contributed by atoms with van der Waals surface area (Å²) in [5.74, 6) is -0.00895. The van der Waals surface area contributed by atoms with E-state index in [1.54, 1.807) is 6.07 Å². The molecule has 8 heteroatoms. The predicted molar refractivity (Wildman–Crippen MR) is 142 cm³/mol. The van der Waals surface area contributed by atoms with Gasteiger partial charge in [0.05, 0.1) is 16.7 Å². The normalized spacial score (nSPS) is 22.3. The molecule has 0 spiro atoms. The number of nitro groups is 1. The number of benzene rings is 3. The first kappa shape index (κ1) is 24.2. The number of amides is 1. The number of nitro benzene ring substituents is 1. The molecule has 0 N–H and O–H groups in total. The zero-order chi connectivity index (χ0) is 25.4. The van der Waals surface area contributed by atoms with Gasteiger partial charge < -0.3 is 0 Å². The van der Waals surface area contributed by atoms with Crippen LogP contribution in [-0.2, 0) is 0 Å². The molecule has 1 aliphatic carbocycles. The molecule has 1 saturated carbocycles. The Morgan fingerprint density at radius 3 is 2.39 bits per heavy atom. The molecule has 3 atom stereocenters. The average Bonchev–Trinajstić information content (AvgIpc) is 3.25. The van der Waals surface area contributed by atoms with Gasteiger partial charge in [-0.1, -0.05) is 60.5 Å². The molecule has 0 unspecified atom stereocenters. The Morgan fingerprint density at radius 1 is 1.06 bits per heavy atom. The van der Waals surface area contributed by atoms with E-state index in [1.807, 2.05) is 48.5 Å². The van der Waals surface area contributed by atoms with Gasteiger partial charge in [0, 0.05) is 33.7 Å². The van der Waals surface area contributed by atoms with E-state index in [-0.39, 0.29) is 29.1 Å². The molecule has 1 aliphatic heterocycles. The van der Waals surface area contributed by atoms with Gasteiger partial charge >= 0.3 is 0 Å². The molecule has 36 heavy (non-hydrogen) atoms. The predicted octanol–water partition coefficient (Wildman–Crippen LogP) is 7.58. The first-order valence-corrected chi connectivity index (χ1v) is 12.4. The van der Waals surface area contributed by atoms with Crippen molar-refractivity contribution in [2.24, 2.45) is 16.9 Å². The molecule has 1 amide bonds. The van der Waals surface area contributed by atoms with Crippen LogP contribution in [0.2, 0.25) is 10.0 Å². The molecule has 6 nitrogen and oxygen atoms in total. The van der Waals surface area contributed by atoms with Gasteiger partial charge in [-0.3, -0.25) is 14.9 Å². The number of carbonyl (C=O) groups excluding carboxylic acids is 1. The number of hydrogen-bond donors (Lipinski definition) is 0. The maximum atomic E-state index is 13.7. The maximum Gasteiger partial charge on any atom is 0.274 e. The Kier molecular flexibility index (Phi) is 6.65. The van der Waals surface area contributed by atoms with Gasteiger partial charge in [-0.25, -0.2) is 5.01 Å². The van der Waals surface area contributed by atoms with Gasteiger partial charge in [0.25, 0.3) is 11.6 Å². The van der Waals surface area contributed by atoms with Crippen LogP contribution in [0, 0.1) is 22.0 Å². The van der Waals surface area contributed by atoms with E-state index in [0.29, 0.717) is 16.0 Å². The van der Waals surface area contributed by atoms with E-state index in [1.165, 1.54) is 23.2 Å². The summed E-state index contributed by atoms with van der Waals surface area (Å²) in [5, 5.41) is 19.0. The van der Waals surface area contributed by atoms with Gasteiger partial charge in [-0.05, 0) is 71.9 Å². The lowest BCUT2D eigenvalue weighted by Crippen LogP contribution is -2.33. The number of rotatable bonds is 4. The third-order valence-corrected chi connectivity index (χ3v) is 7.20. The highest BCUT2D eigenvalue weighted by molar-refractivity contribution is 6.30. The molecule has 1 heterocycles. The van der Waals surface area contributed by atoms with Crippen LogP contribution in [-0.4, -0.2) is 21.6 Å². The lowest BCUT2D eigenvalue weighted by atomic mass is 9.73. The van der Waals surface area contributed by atoms with E-state index in [4.69, 9.17) is 28.3 Å². The van der Waals surface area contributed by atoms with Gasteiger partial charge in [-0.15, -0.1) is 0 Å². The summed E-state index contributed by atoms with van der Waals surface area (Å²) >= 11 is 12.2. The Morgan fingerprint density at radius 2 is 1.72 bits per heavy atom. The standard InChI is InChI=1S/C28H23Cl2N3O3/c1-17-13-21(15-18-5-9-22(29)10-6-18)26-25(14-17)27(19-7-11-23(30)12-8-19)32(31-26)28(34)20-3-2-4-24(16-20)33(35)36/h2-12,15-17,25,27H,13-14H2,1H3/b21-15+/t17-,25+,27+/m1/s1. The third-order valence-electron chi connectivity index (χ3n) is 6.70. The molecular formula is C28H23Cl2N3O3. The maximum absolute atomic E-state index is 13.7. The highest BCUT2D eigenvalue weighted by Crippen LogP contribution is 2.46. The highest BCUT2D eigenvalue weighted by Gasteiger charge is 2.45. The van der Waals surface area contributed by atoms with Crippen molar-refractivity contribution in [3.05, 3.63) is 115 Å². The number of hydrazone groups is 1. The van der Waals surface area contributed by atoms with Gasteiger partial charge in [-0.2, -0.15) is 5.10 Å². The minimum atomic E-state index is -0.502. The minimum Gasteiger partial charge on any atom is -0.267 e. The number of carbonyl (C=O) groups is 1. The molecule has 3 aromatic rings. The lowest BCUT2D eigenvalue weighted by Gasteiger charge is -2.32. The second kappa shape index (κ2) is 9.88. The van der Waals surface area contributed by atoms with Crippen molar-refractivity contribution >= 4 is 46.6 Å². The van der Waals surface area contributed by atoms with Crippen LogP contribution in [0.25, 0.3) is 6.08 Å². The van der Waals surface area contributed by atoms with Crippen molar-refractivity contribution in [2.75, 3.05) is 0 Å². The van der Waals surface area contributed by atoms with E-state index in [2.05, 4.69) is 13.0 Å². The number of halogens is 2. The Labute approximate surface area is 219 Å². The Balaban J connectivity index is 1.60. The van der Waals surface area contributed by atoms with Crippen molar-refractivity contribution < 1.29 is 9.72 Å². The summed E-state index contributed by atoms with van der Waals surface area (Å²) in [6.45, 7) is 2.20. The molecule has 3 aromatic carbocycles. The van der Waals surface area contributed by atoms with Gasteiger partial charge in [0.15, 0.2) is 0 Å². The zero-order valence-electron chi connectivity index (χ0n) is 19.5. The number of hydrogen-bond acceptors (Lipinski definition) is 4. The highest BCUT2D eigenvalue weighted by atomic mass is 35.5. The number of fused-ring (bicyclic) bond motifs is 1. The average molecular weight is 520 g/mol. The fraction of sp³-hybridized carbons (Fsp3) is 0.214. The van der Waals surface area contributed by atoms with Crippen LogP contribution < -0.4 is 0 Å². The van der Waals surface area contributed by atoms with Crippen molar-refractivity contribution in [3.8, 4) is 0 Å². The third kappa shape index (κ3) is 4.79. The smallest absolute Gasteiger partial charge is 0.267 e. The quantitative estimate of drug-likeness (QED) is 0.263. The van der Waals surface area contributed by atoms with Crippen molar-refractivity contribution in [1.29, 1.82) is 0 Å². The number of nitrogens with zero attached hydrogens (tertiary/aromatic N) is 3. The van der Waals surface area contributed by atoms with Gasteiger partial charge in [0.2, 0.25) is 0 Å². The number of allylic oxidation sites excluding steroid dienone is 1. The molecule has 2 aliphatic rings. The zero-order valence-corrected chi connectivity index (χ0v) is 21.0. The van der Waals surface area contributed by atoms with Crippen molar-refractivity contribution in [1.82, 2.24) is 5.01 Å². The summed E-state index contributed by atoms with van der Waals surface area (Å²) in [4.78, 5) is 24.6. The van der Waals surface area contributed by atoms with Gasteiger partial charge in [0.1, 0.15) is 0 Å². The second-order valence-corrected chi connectivity index (χ2v) is 10.2. The SMILES string of the molecule is C[C@@H]1C/C(=C\c2ccc(Cl)cc2)C2=NN(C(=O)c3cccc([N+](=O)[O-])c3)[C@@H](c3ccc(Cl)cc3)[C@H]2C1. The first-order valence-electron chi connectivity index (χ1n) is 11.7. The van der Waals surface area contributed by atoms with Crippen LogP contribution in [0.15, 0.2) is 83.5 Å². The van der Waals surface area contributed by atoms with Crippen LogP contribution >= 0.6 is 23.2 Å². The monoisotopic (exact) mass is 519 g/mol. The summed E-state index contributed by atoms with van der Waals surface area (Å²) in [6, 6.07) is 20.5. The summed E-state index contributed by atoms with van der Waals surface area (Å²) in [6.07, 6.45) is 3.81. The van der Waals surface area contributed by atoms with E-state index in [0.717, 1.165) is 35.3 Å². The topological polar surface area (TPSA) is 75.8 Å². The summed E-state index contributed by atoms with van der Waals surface area (Å²) < 4.78 is 0. The molecule has 1 fully saturated rings. The Hall–Kier alpha value is -3.48. The van der Waals surface area contributed by atoms with Crippen LogP contribution in [0.1, 0.15) is 47.3 Å². The molecule has 5 rings (SSSR count). The number of non-ortho nitro benzene ring substituents is 1. The van der Waals surface area contributed by atoms with Crippen molar-refractivity contribution in [2.45, 2.75) is 25.8 Å². The molecule has 182 valence electrons. The molecule has 0 aromatic heterocycles. The fourth-order valence-corrected chi connectivity index (χ4v) is 5.35. The fourth-order valence-electron chi connectivity index (χ4n) is 5.10. The minimum absolute atomic E-state index is 0.0175. The van der Waals surface area contributed by atoms with Crippen LogP contribution in [0.3, 0.4) is 0 Å². The molecule has 0 radical (unpaired) electrons. The van der Waals surface area contributed by atoms with Crippen LogP contribution in [0.4, 0.5) is 5.69 Å². The van der Waals surface area contributed by atoms with E-state index >= 15 is 0 Å². The summed E-state index contributed by atoms with van der Waals surface area (Å²) in [7, 11) is 0.